The fourth-order valence-electron chi connectivity index (χ4n) is 2.67. The van der Waals surface area contributed by atoms with E-state index in [9.17, 15) is 9.90 Å². The maximum atomic E-state index is 11.2. The lowest BCUT2D eigenvalue weighted by Gasteiger charge is -2.28. The normalized spacial score (nSPS) is 22.3. The van der Waals surface area contributed by atoms with Crippen LogP contribution >= 0.6 is 0 Å². The van der Waals surface area contributed by atoms with E-state index in [1.54, 1.807) is 7.11 Å². The molecule has 0 heterocycles. The zero-order valence-corrected chi connectivity index (χ0v) is 13.0. The number of nitrogens with one attached hydrogen (secondary N) is 1. The van der Waals surface area contributed by atoms with Crippen molar-refractivity contribution < 1.29 is 24.1 Å². The van der Waals surface area contributed by atoms with Crippen molar-refractivity contribution >= 4 is 5.97 Å². The Morgan fingerprint density at radius 3 is 2.48 bits per heavy atom. The van der Waals surface area contributed by atoms with Crippen LogP contribution < -0.4 is 5.32 Å². The minimum absolute atomic E-state index is 0.179. The lowest BCUT2D eigenvalue weighted by Crippen LogP contribution is -2.35. The summed E-state index contributed by atoms with van der Waals surface area (Å²) in [6.45, 7) is 4.49. The summed E-state index contributed by atoms with van der Waals surface area (Å²) >= 11 is 0. The molecule has 0 spiro atoms. The summed E-state index contributed by atoms with van der Waals surface area (Å²) in [5.41, 5.74) is 0. The molecule has 6 nitrogen and oxygen atoms in total. The predicted molar refractivity (Wildman–Crippen MR) is 79.5 cm³/mol. The summed E-state index contributed by atoms with van der Waals surface area (Å²) in [4.78, 5) is 11.2. The first kappa shape index (κ1) is 18.4. The molecule has 0 aromatic heterocycles. The van der Waals surface area contributed by atoms with E-state index in [2.05, 4.69) is 5.32 Å². The minimum atomic E-state index is -0.647. The van der Waals surface area contributed by atoms with Gasteiger partial charge in [-0.3, -0.25) is 4.79 Å². The summed E-state index contributed by atoms with van der Waals surface area (Å²) in [7, 11) is 1.65. The quantitative estimate of drug-likeness (QED) is 0.527. The number of hydrogen-bond acceptors (Lipinski definition) is 5. The Labute approximate surface area is 127 Å². The number of rotatable bonds is 12. The predicted octanol–water partition coefficient (Wildman–Crippen LogP) is 1.15. The van der Waals surface area contributed by atoms with Crippen molar-refractivity contribution in [3.05, 3.63) is 0 Å². The Balaban J connectivity index is 1.94. The van der Waals surface area contributed by atoms with Crippen molar-refractivity contribution in [2.24, 2.45) is 11.8 Å². The molecule has 1 saturated carbocycles. The highest BCUT2D eigenvalue weighted by Gasteiger charge is 2.30. The van der Waals surface area contributed by atoms with Crippen LogP contribution in [0.5, 0.6) is 0 Å². The molecule has 1 fully saturated rings. The molecule has 1 aliphatic rings. The van der Waals surface area contributed by atoms with E-state index in [1.807, 2.05) is 0 Å². The Morgan fingerprint density at radius 1 is 1.10 bits per heavy atom. The SMILES string of the molecule is COCCOCCOCCNCC1CCCCC1C(=O)O. The Morgan fingerprint density at radius 2 is 1.76 bits per heavy atom. The van der Waals surface area contributed by atoms with E-state index in [-0.39, 0.29) is 11.8 Å². The van der Waals surface area contributed by atoms with Crippen LogP contribution in [0.1, 0.15) is 25.7 Å². The average molecular weight is 303 g/mol. The molecule has 2 N–H and O–H groups in total. The first-order valence-corrected chi connectivity index (χ1v) is 7.83. The second-order valence-electron chi connectivity index (χ2n) is 5.41. The van der Waals surface area contributed by atoms with Gasteiger partial charge in [-0.1, -0.05) is 12.8 Å². The van der Waals surface area contributed by atoms with E-state index in [1.165, 1.54) is 0 Å². The number of carbonyl (C=O) groups is 1. The van der Waals surface area contributed by atoms with Crippen molar-refractivity contribution in [2.45, 2.75) is 25.7 Å². The molecule has 1 rings (SSSR count). The summed E-state index contributed by atoms with van der Waals surface area (Å²) in [6, 6.07) is 0. The number of hydrogen-bond donors (Lipinski definition) is 2. The summed E-state index contributed by atoms with van der Waals surface area (Å²) in [5.74, 6) is -0.569. The molecule has 21 heavy (non-hydrogen) atoms. The maximum Gasteiger partial charge on any atom is 0.306 e. The monoisotopic (exact) mass is 303 g/mol. The van der Waals surface area contributed by atoms with Gasteiger partial charge >= 0.3 is 5.97 Å². The molecule has 0 bridgehead atoms. The molecule has 1 aliphatic carbocycles. The summed E-state index contributed by atoms with van der Waals surface area (Å²) in [6.07, 6.45) is 4.01. The smallest absolute Gasteiger partial charge is 0.306 e. The third kappa shape index (κ3) is 8.36. The molecule has 124 valence electrons. The summed E-state index contributed by atoms with van der Waals surface area (Å²) in [5, 5.41) is 12.5. The van der Waals surface area contributed by atoms with Gasteiger partial charge in [-0.15, -0.1) is 0 Å². The van der Waals surface area contributed by atoms with Gasteiger partial charge in [0, 0.05) is 13.7 Å². The van der Waals surface area contributed by atoms with Crippen molar-refractivity contribution in [3.63, 3.8) is 0 Å². The van der Waals surface area contributed by atoms with Crippen LogP contribution in [0.2, 0.25) is 0 Å². The van der Waals surface area contributed by atoms with Gasteiger partial charge in [-0.2, -0.15) is 0 Å². The van der Waals surface area contributed by atoms with Crippen LogP contribution in [0.15, 0.2) is 0 Å². The number of methoxy groups -OCH3 is 1. The largest absolute Gasteiger partial charge is 0.481 e. The topological polar surface area (TPSA) is 77.0 Å². The highest BCUT2D eigenvalue weighted by molar-refractivity contribution is 5.70. The fourth-order valence-corrected chi connectivity index (χ4v) is 2.67. The highest BCUT2D eigenvalue weighted by atomic mass is 16.5. The van der Waals surface area contributed by atoms with Gasteiger partial charge in [0.1, 0.15) is 0 Å². The molecule has 0 aromatic rings. The van der Waals surface area contributed by atoms with Crippen molar-refractivity contribution in [3.8, 4) is 0 Å². The molecule has 0 radical (unpaired) electrons. The third-order valence-electron chi connectivity index (χ3n) is 3.86. The van der Waals surface area contributed by atoms with E-state index in [4.69, 9.17) is 14.2 Å². The van der Waals surface area contributed by atoms with Gasteiger partial charge in [0.15, 0.2) is 0 Å². The average Bonchev–Trinajstić information content (AvgIpc) is 2.49. The van der Waals surface area contributed by atoms with Gasteiger partial charge in [0.05, 0.1) is 39.0 Å². The standard InChI is InChI=1S/C15H29NO5/c1-19-8-9-21-11-10-20-7-6-16-12-13-4-2-3-5-14(13)15(17)18/h13-14,16H,2-12H2,1H3,(H,17,18). The minimum Gasteiger partial charge on any atom is -0.481 e. The van der Waals surface area contributed by atoms with Crippen LogP contribution in [0, 0.1) is 11.8 Å². The zero-order valence-electron chi connectivity index (χ0n) is 13.0. The second kappa shape index (κ2) is 11.9. The van der Waals surface area contributed by atoms with Crippen LogP contribution in [-0.2, 0) is 19.0 Å². The van der Waals surface area contributed by atoms with Crippen molar-refractivity contribution in [1.29, 1.82) is 0 Å². The van der Waals surface area contributed by atoms with E-state index in [0.29, 0.717) is 33.0 Å². The van der Waals surface area contributed by atoms with Gasteiger partial charge in [0.2, 0.25) is 0 Å². The number of carboxylic acids is 1. The molecular formula is C15H29NO5. The van der Waals surface area contributed by atoms with Crippen LogP contribution in [0.4, 0.5) is 0 Å². The molecule has 6 heteroatoms. The van der Waals surface area contributed by atoms with Gasteiger partial charge < -0.3 is 24.6 Å². The molecular weight excluding hydrogens is 274 g/mol. The van der Waals surface area contributed by atoms with Gasteiger partial charge in [0.25, 0.3) is 0 Å². The Bertz CT molecular complexity index is 275. The number of ether oxygens (including phenoxy) is 3. The van der Waals surface area contributed by atoms with Crippen molar-refractivity contribution in [1.82, 2.24) is 5.32 Å². The third-order valence-corrected chi connectivity index (χ3v) is 3.86. The maximum absolute atomic E-state index is 11.2. The summed E-state index contributed by atoms with van der Waals surface area (Å²) < 4.78 is 15.6. The molecule has 2 unspecified atom stereocenters. The Kier molecular flexibility index (Phi) is 10.4. The lowest BCUT2D eigenvalue weighted by atomic mass is 9.79. The molecule has 0 amide bonds. The van der Waals surface area contributed by atoms with Crippen LogP contribution in [0.25, 0.3) is 0 Å². The number of aliphatic carboxylic acids is 1. The molecule has 0 aliphatic heterocycles. The number of carboxylic acid groups (broad SMARTS) is 1. The lowest BCUT2D eigenvalue weighted by molar-refractivity contribution is -0.144. The van der Waals surface area contributed by atoms with E-state index >= 15 is 0 Å². The fraction of sp³-hybridized carbons (Fsp3) is 0.933. The molecule has 0 aromatic carbocycles. The van der Waals surface area contributed by atoms with Gasteiger partial charge in [-0.25, -0.2) is 0 Å². The van der Waals surface area contributed by atoms with Crippen molar-refractivity contribution in [2.75, 3.05) is 53.2 Å². The van der Waals surface area contributed by atoms with Gasteiger partial charge in [-0.05, 0) is 25.3 Å². The zero-order chi connectivity index (χ0) is 15.3. The first-order valence-electron chi connectivity index (χ1n) is 7.83. The van der Waals surface area contributed by atoms with E-state index in [0.717, 1.165) is 38.8 Å². The highest BCUT2D eigenvalue weighted by Crippen LogP contribution is 2.29. The van der Waals surface area contributed by atoms with Crippen LogP contribution in [0.3, 0.4) is 0 Å². The first-order chi connectivity index (χ1) is 10.3. The van der Waals surface area contributed by atoms with E-state index < -0.39 is 5.97 Å². The second-order valence-corrected chi connectivity index (χ2v) is 5.41. The molecule has 0 saturated heterocycles. The van der Waals surface area contributed by atoms with Crippen LogP contribution in [-0.4, -0.2) is 64.3 Å². The molecule has 2 atom stereocenters. The Hall–Kier alpha value is -0.690.